The van der Waals surface area contributed by atoms with Crippen LogP contribution >= 0.6 is 11.6 Å². The lowest BCUT2D eigenvalue weighted by atomic mass is 9.99. The molecule has 1 aromatic rings. The number of nitrogens with zero attached hydrogens (tertiary/aromatic N) is 1. The highest BCUT2D eigenvalue weighted by Crippen LogP contribution is 2.23. The van der Waals surface area contributed by atoms with Gasteiger partial charge >= 0.3 is 0 Å². The molecule has 0 spiro atoms. The Morgan fingerprint density at radius 3 is 2.46 bits per heavy atom. The van der Waals surface area contributed by atoms with Crippen LogP contribution < -0.4 is 5.32 Å². The van der Waals surface area contributed by atoms with E-state index in [1.54, 1.807) is 13.8 Å². The molecule has 0 bridgehead atoms. The van der Waals surface area contributed by atoms with Gasteiger partial charge in [-0.2, -0.15) is 4.31 Å². The van der Waals surface area contributed by atoms with E-state index >= 15 is 0 Å². The van der Waals surface area contributed by atoms with Crippen LogP contribution in [0.15, 0.2) is 23.1 Å². The van der Waals surface area contributed by atoms with Gasteiger partial charge in [0.1, 0.15) is 0 Å². The first kappa shape index (κ1) is 22.9. The average Bonchev–Trinajstić information content (AvgIpc) is 2.60. The van der Waals surface area contributed by atoms with Crippen molar-refractivity contribution in [2.75, 3.05) is 13.6 Å². The van der Waals surface area contributed by atoms with Gasteiger partial charge in [-0.3, -0.25) is 4.79 Å². The van der Waals surface area contributed by atoms with Crippen LogP contribution in [0.4, 0.5) is 0 Å². The minimum absolute atomic E-state index is 0.0706. The standard InChI is InChI=1S/C19H31ClN2O3S/c1-6-8-9-15(7-2)13-21-19(23)17-12-16(10-11-18(17)20)26(24,25)22(5)14(3)4/h10-12,14-15H,6-9,13H2,1-5H3,(H,21,23). The third-order valence-corrected chi connectivity index (χ3v) is 7.04. The molecule has 26 heavy (non-hydrogen) atoms. The van der Waals surface area contributed by atoms with Crippen molar-refractivity contribution in [2.45, 2.75) is 64.3 Å². The summed E-state index contributed by atoms with van der Waals surface area (Å²) < 4.78 is 26.6. The fraction of sp³-hybridized carbons (Fsp3) is 0.632. The first-order valence-corrected chi connectivity index (χ1v) is 11.0. The lowest BCUT2D eigenvalue weighted by Gasteiger charge is -2.21. The van der Waals surface area contributed by atoms with Crippen LogP contribution in [0.1, 0.15) is 63.7 Å². The second kappa shape index (κ2) is 10.3. The number of benzene rings is 1. The van der Waals surface area contributed by atoms with E-state index in [1.165, 1.54) is 29.6 Å². The van der Waals surface area contributed by atoms with Crippen LogP contribution in [-0.4, -0.2) is 38.3 Å². The lowest BCUT2D eigenvalue weighted by Crippen LogP contribution is -2.33. The molecule has 0 saturated heterocycles. The summed E-state index contributed by atoms with van der Waals surface area (Å²) in [4.78, 5) is 12.6. The lowest BCUT2D eigenvalue weighted by molar-refractivity contribution is 0.0945. The molecule has 1 rings (SSSR count). The van der Waals surface area contributed by atoms with Gasteiger partial charge in [0.05, 0.1) is 15.5 Å². The van der Waals surface area contributed by atoms with E-state index in [9.17, 15) is 13.2 Å². The SMILES string of the molecule is CCCCC(CC)CNC(=O)c1cc(S(=O)(=O)N(C)C(C)C)ccc1Cl. The van der Waals surface area contributed by atoms with Gasteiger partial charge in [-0.25, -0.2) is 8.42 Å². The summed E-state index contributed by atoms with van der Waals surface area (Å²) in [6.45, 7) is 8.40. The van der Waals surface area contributed by atoms with Gasteiger partial charge < -0.3 is 5.32 Å². The number of hydrogen-bond donors (Lipinski definition) is 1. The van der Waals surface area contributed by atoms with Gasteiger partial charge in [-0.15, -0.1) is 0 Å². The zero-order chi connectivity index (χ0) is 19.9. The number of rotatable bonds is 10. The summed E-state index contributed by atoms with van der Waals surface area (Å²) in [5.41, 5.74) is 0.190. The van der Waals surface area contributed by atoms with E-state index in [1.807, 2.05) is 0 Å². The number of hydrogen-bond acceptors (Lipinski definition) is 3. The van der Waals surface area contributed by atoms with Crippen LogP contribution in [-0.2, 0) is 10.0 Å². The zero-order valence-corrected chi connectivity index (χ0v) is 18.0. The van der Waals surface area contributed by atoms with E-state index in [0.29, 0.717) is 12.5 Å². The predicted octanol–water partition coefficient (Wildman–Crippen LogP) is 4.32. The molecule has 1 unspecified atom stereocenters. The van der Waals surface area contributed by atoms with Crippen molar-refractivity contribution < 1.29 is 13.2 Å². The molecule has 7 heteroatoms. The van der Waals surface area contributed by atoms with Crippen molar-refractivity contribution >= 4 is 27.5 Å². The Bertz CT molecular complexity index is 705. The summed E-state index contributed by atoms with van der Waals surface area (Å²) >= 11 is 6.15. The number of carbonyl (C=O) groups is 1. The van der Waals surface area contributed by atoms with E-state index in [2.05, 4.69) is 19.2 Å². The quantitative estimate of drug-likeness (QED) is 0.633. The highest BCUT2D eigenvalue weighted by Gasteiger charge is 2.25. The highest BCUT2D eigenvalue weighted by atomic mass is 35.5. The summed E-state index contributed by atoms with van der Waals surface area (Å²) in [5, 5.41) is 3.14. The number of halogens is 1. The molecule has 1 N–H and O–H groups in total. The average molecular weight is 403 g/mol. The molecular formula is C19H31ClN2O3S. The zero-order valence-electron chi connectivity index (χ0n) is 16.4. The third-order valence-electron chi connectivity index (χ3n) is 4.68. The second-order valence-corrected chi connectivity index (χ2v) is 9.29. The molecule has 1 atom stereocenters. The molecule has 0 aliphatic heterocycles. The van der Waals surface area contributed by atoms with Crippen molar-refractivity contribution in [1.82, 2.24) is 9.62 Å². The molecule has 1 amide bonds. The monoisotopic (exact) mass is 402 g/mol. The van der Waals surface area contributed by atoms with Crippen molar-refractivity contribution in [3.05, 3.63) is 28.8 Å². The van der Waals surface area contributed by atoms with E-state index in [4.69, 9.17) is 11.6 Å². The van der Waals surface area contributed by atoms with Gasteiger partial charge in [0.25, 0.3) is 5.91 Å². The Hall–Kier alpha value is -1.11. The van der Waals surface area contributed by atoms with Crippen LogP contribution in [0.3, 0.4) is 0 Å². The van der Waals surface area contributed by atoms with E-state index in [-0.39, 0.29) is 27.4 Å². The molecule has 148 valence electrons. The third kappa shape index (κ3) is 5.96. The Balaban J connectivity index is 2.98. The summed E-state index contributed by atoms with van der Waals surface area (Å²) in [5.74, 6) is 0.0749. The van der Waals surface area contributed by atoms with Gasteiger partial charge in [-0.1, -0.05) is 44.7 Å². The maximum atomic E-state index is 12.6. The number of nitrogens with one attached hydrogen (secondary N) is 1. The molecule has 1 aromatic carbocycles. The summed E-state index contributed by atoms with van der Waals surface area (Å²) in [6.07, 6.45) is 4.31. The number of carbonyl (C=O) groups excluding carboxylic acids is 1. The smallest absolute Gasteiger partial charge is 0.252 e. The minimum atomic E-state index is -3.66. The van der Waals surface area contributed by atoms with Crippen molar-refractivity contribution in [3.8, 4) is 0 Å². The maximum absolute atomic E-state index is 12.6. The van der Waals surface area contributed by atoms with Gasteiger partial charge in [0.2, 0.25) is 10.0 Å². The molecule has 0 aliphatic rings. The number of sulfonamides is 1. The largest absolute Gasteiger partial charge is 0.352 e. The molecule has 0 radical (unpaired) electrons. The first-order chi connectivity index (χ1) is 12.1. The molecule has 0 heterocycles. The Labute approximate surface area is 163 Å². The van der Waals surface area contributed by atoms with Crippen LogP contribution in [0.2, 0.25) is 5.02 Å². The van der Waals surface area contributed by atoms with Crippen LogP contribution in [0, 0.1) is 5.92 Å². The Morgan fingerprint density at radius 1 is 1.27 bits per heavy atom. The molecule has 0 saturated carbocycles. The normalized spacial score (nSPS) is 13.2. The van der Waals surface area contributed by atoms with Crippen molar-refractivity contribution in [2.24, 2.45) is 5.92 Å². The first-order valence-electron chi connectivity index (χ1n) is 9.20. The van der Waals surface area contributed by atoms with Crippen LogP contribution in [0.5, 0.6) is 0 Å². The number of unbranched alkanes of at least 4 members (excludes halogenated alkanes) is 1. The van der Waals surface area contributed by atoms with Crippen molar-refractivity contribution in [3.63, 3.8) is 0 Å². The Kier molecular flexibility index (Phi) is 9.07. The minimum Gasteiger partial charge on any atom is -0.352 e. The highest BCUT2D eigenvalue weighted by molar-refractivity contribution is 7.89. The fourth-order valence-electron chi connectivity index (χ4n) is 2.56. The molecule has 5 nitrogen and oxygen atoms in total. The molecular weight excluding hydrogens is 372 g/mol. The van der Waals surface area contributed by atoms with Gasteiger partial charge in [-0.05, 0) is 44.4 Å². The Morgan fingerprint density at radius 2 is 1.92 bits per heavy atom. The van der Waals surface area contributed by atoms with Crippen molar-refractivity contribution in [1.29, 1.82) is 0 Å². The summed E-state index contributed by atoms with van der Waals surface area (Å²) in [7, 11) is -2.14. The number of amides is 1. The predicted molar refractivity (Wildman–Crippen MR) is 107 cm³/mol. The fourth-order valence-corrected chi connectivity index (χ4v) is 4.16. The van der Waals surface area contributed by atoms with Crippen LogP contribution in [0.25, 0.3) is 0 Å². The van der Waals surface area contributed by atoms with Gasteiger partial charge in [0.15, 0.2) is 0 Å². The summed E-state index contributed by atoms with van der Waals surface area (Å²) in [6, 6.07) is 4.07. The second-order valence-electron chi connectivity index (χ2n) is 6.88. The molecule has 0 aliphatic carbocycles. The molecule has 0 aromatic heterocycles. The van der Waals surface area contributed by atoms with E-state index in [0.717, 1.165) is 25.7 Å². The maximum Gasteiger partial charge on any atom is 0.252 e. The topological polar surface area (TPSA) is 66.5 Å². The van der Waals surface area contributed by atoms with E-state index < -0.39 is 10.0 Å². The molecule has 0 fully saturated rings. The van der Waals surface area contributed by atoms with Gasteiger partial charge in [0, 0.05) is 19.6 Å².